The first-order chi connectivity index (χ1) is 15.6. The molecule has 1 amide bonds. The van der Waals surface area contributed by atoms with E-state index in [2.05, 4.69) is 20.6 Å². The third kappa shape index (κ3) is 3.54. The van der Waals surface area contributed by atoms with E-state index in [9.17, 15) is 4.79 Å². The lowest BCUT2D eigenvalue weighted by atomic mass is 10.0. The summed E-state index contributed by atoms with van der Waals surface area (Å²) < 4.78 is 7.45. The summed E-state index contributed by atoms with van der Waals surface area (Å²) in [6.07, 6.45) is 0. The molecule has 32 heavy (non-hydrogen) atoms. The first kappa shape index (κ1) is 19.7. The van der Waals surface area contributed by atoms with Crippen molar-refractivity contribution in [2.45, 2.75) is 13.8 Å². The van der Waals surface area contributed by atoms with Crippen LogP contribution in [0.4, 0.5) is 5.69 Å². The van der Waals surface area contributed by atoms with Crippen molar-refractivity contribution in [1.82, 2.24) is 19.8 Å². The normalized spacial score (nSPS) is 11.1. The highest BCUT2D eigenvalue weighted by Crippen LogP contribution is 2.29. The van der Waals surface area contributed by atoms with Crippen LogP contribution in [0, 0.1) is 6.92 Å². The Hall–Kier alpha value is -4.26. The third-order valence-electron chi connectivity index (χ3n) is 5.27. The highest BCUT2D eigenvalue weighted by molar-refractivity contribution is 6.15. The predicted octanol–water partition coefficient (Wildman–Crippen LogP) is 4.90. The lowest BCUT2D eigenvalue weighted by molar-refractivity contribution is 0.102. The molecule has 0 spiro atoms. The number of anilines is 1. The molecule has 0 saturated heterocycles. The van der Waals surface area contributed by atoms with E-state index in [1.807, 2.05) is 86.6 Å². The summed E-state index contributed by atoms with van der Waals surface area (Å²) in [6, 6.07) is 23.0. The lowest BCUT2D eigenvalue weighted by Crippen LogP contribution is -2.14. The van der Waals surface area contributed by atoms with Gasteiger partial charge >= 0.3 is 0 Å². The number of hydrogen-bond acceptors (Lipinski definition) is 5. The van der Waals surface area contributed by atoms with E-state index in [1.54, 1.807) is 4.52 Å². The van der Waals surface area contributed by atoms with Crippen LogP contribution in [-0.2, 0) is 0 Å². The maximum absolute atomic E-state index is 13.2. The summed E-state index contributed by atoms with van der Waals surface area (Å²) in [5.41, 5.74) is 3.65. The van der Waals surface area contributed by atoms with Crippen LogP contribution in [0.1, 0.15) is 23.1 Å². The molecule has 0 atom stereocenters. The van der Waals surface area contributed by atoms with E-state index in [4.69, 9.17) is 4.74 Å². The molecule has 0 aliphatic carbocycles. The van der Waals surface area contributed by atoms with Crippen molar-refractivity contribution in [1.29, 1.82) is 0 Å². The average molecular weight is 423 g/mol. The second-order valence-corrected chi connectivity index (χ2v) is 7.36. The third-order valence-corrected chi connectivity index (χ3v) is 5.27. The quantitative estimate of drug-likeness (QED) is 0.435. The molecule has 1 N–H and O–H groups in total. The number of aromatic nitrogens is 4. The first-order valence-corrected chi connectivity index (χ1v) is 10.4. The molecule has 0 unspecified atom stereocenters. The van der Waals surface area contributed by atoms with Gasteiger partial charge in [-0.15, -0.1) is 10.2 Å². The van der Waals surface area contributed by atoms with Crippen LogP contribution in [0.2, 0.25) is 0 Å². The summed E-state index contributed by atoms with van der Waals surface area (Å²) in [4.78, 5) is 13.2. The van der Waals surface area contributed by atoms with Gasteiger partial charge in [0.15, 0.2) is 11.5 Å². The van der Waals surface area contributed by atoms with Crippen molar-refractivity contribution in [3.8, 4) is 17.0 Å². The first-order valence-electron chi connectivity index (χ1n) is 10.4. The van der Waals surface area contributed by atoms with E-state index in [0.717, 1.165) is 27.9 Å². The number of carbonyl (C=O) groups is 1. The maximum Gasteiger partial charge on any atom is 0.260 e. The molecule has 0 saturated carbocycles. The molecule has 0 radical (unpaired) electrons. The number of hydrogen-bond donors (Lipinski definition) is 1. The SMILES string of the molecule is CCOc1ccc2ccccc2c1C(=O)Nc1ccc(-c2ccc3nnc(C)n3n2)cc1. The number of nitrogens with one attached hydrogen (secondary N) is 1. The number of nitrogens with zero attached hydrogens (tertiary/aromatic N) is 4. The van der Waals surface area contributed by atoms with E-state index in [1.165, 1.54) is 0 Å². The maximum atomic E-state index is 13.2. The van der Waals surface area contributed by atoms with Gasteiger partial charge in [-0.1, -0.05) is 42.5 Å². The second-order valence-electron chi connectivity index (χ2n) is 7.36. The van der Waals surface area contributed by atoms with Crippen LogP contribution < -0.4 is 10.1 Å². The minimum atomic E-state index is -0.211. The molecule has 5 aromatic rings. The fourth-order valence-electron chi connectivity index (χ4n) is 3.73. The van der Waals surface area contributed by atoms with Crippen LogP contribution in [0.5, 0.6) is 5.75 Å². The van der Waals surface area contributed by atoms with Gasteiger partial charge in [-0.2, -0.15) is 9.61 Å². The zero-order valence-electron chi connectivity index (χ0n) is 17.7. The molecule has 2 aromatic heterocycles. The monoisotopic (exact) mass is 423 g/mol. The van der Waals surface area contributed by atoms with Crippen molar-refractivity contribution in [2.24, 2.45) is 0 Å². The molecular weight excluding hydrogens is 402 g/mol. The number of amides is 1. The van der Waals surface area contributed by atoms with Crippen LogP contribution in [0.25, 0.3) is 27.7 Å². The molecule has 158 valence electrons. The van der Waals surface area contributed by atoms with Crippen LogP contribution in [0.15, 0.2) is 72.8 Å². The number of fused-ring (bicyclic) bond motifs is 2. The van der Waals surface area contributed by atoms with Crippen LogP contribution >= 0.6 is 0 Å². The van der Waals surface area contributed by atoms with Crippen molar-refractivity contribution in [2.75, 3.05) is 11.9 Å². The molecule has 3 aromatic carbocycles. The highest BCUT2D eigenvalue weighted by Gasteiger charge is 2.17. The Morgan fingerprint density at radius 3 is 2.59 bits per heavy atom. The van der Waals surface area contributed by atoms with Crippen molar-refractivity contribution >= 4 is 28.0 Å². The topological polar surface area (TPSA) is 81.4 Å². The van der Waals surface area contributed by atoms with Crippen molar-refractivity contribution in [3.63, 3.8) is 0 Å². The van der Waals surface area contributed by atoms with Crippen LogP contribution in [-0.4, -0.2) is 32.3 Å². The zero-order valence-corrected chi connectivity index (χ0v) is 17.7. The van der Waals surface area contributed by atoms with Gasteiger partial charge in [0, 0.05) is 11.3 Å². The Morgan fingerprint density at radius 1 is 0.969 bits per heavy atom. The molecule has 7 nitrogen and oxygen atoms in total. The molecule has 5 rings (SSSR count). The smallest absolute Gasteiger partial charge is 0.260 e. The highest BCUT2D eigenvalue weighted by atomic mass is 16.5. The molecule has 0 bridgehead atoms. The van der Waals surface area contributed by atoms with Crippen LogP contribution in [0.3, 0.4) is 0 Å². The van der Waals surface area contributed by atoms with Crippen molar-refractivity contribution < 1.29 is 9.53 Å². The Morgan fingerprint density at radius 2 is 1.78 bits per heavy atom. The Kier molecular flexibility index (Phi) is 4.99. The molecular formula is C25H21N5O2. The predicted molar refractivity (Wildman–Crippen MR) is 124 cm³/mol. The molecule has 7 heteroatoms. The number of benzene rings is 3. The van der Waals surface area contributed by atoms with Gasteiger partial charge in [-0.3, -0.25) is 4.79 Å². The van der Waals surface area contributed by atoms with E-state index >= 15 is 0 Å². The minimum Gasteiger partial charge on any atom is -0.493 e. The summed E-state index contributed by atoms with van der Waals surface area (Å²) in [7, 11) is 0. The second kappa shape index (κ2) is 8.11. The summed E-state index contributed by atoms with van der Waals surface area (Å²) >= 11 is 0. The number of carbonyl (C=O) groups excluding carboxylic acids is 1. The molecule has 0 aliphatic rings. The standard InChI is InChI=1S/C25H21N5O2/c1-3-32-22-14-10-17-6-4-5-7-20(17)24(22)25(31)26-19-11-8-18(9-12-19)21-13-15-23-28-27-16(2)30(23)29-21/h4-15H,3H2,1-2H3,(H,26,31). The van der Waals surface area contributed by atoms with E-state index < -0.39 is 0 Å². The minimum absolute atomic E-state index is 0.211. The van der Waals surface area contributed by atoms with Gasteiger partial charge < -0.3 is 10.1 Å². The number of rotatable bonds is 5. The lowest BCUT2D eigenvalue weighted by Gasteiger charge is -2.14. The van der Waals surface area contributed by atoms with Gasteiger partial charge in [-0.05, 0) is 55.0 Å². The van der Waals surface area contributed by atoms with E-state index in [0.29, 0.717) is 29.3 Å². The van der Waals surface area contributed by atoms with Gasteiger partial charge in [0.05, 0.1) is 17.9 Å². The Labute approximate surface area is 184 Å². The summed E-state index contributed by atoms with van der Waals surface area (Å²) in [5, 5.41) is 17.5. The number of aryl methyl sites for hydroxylation is 1. The fourth-order valence-corrected chi connectivity index (χ4v) is 3.73. The zero-order chi connectivity index (χ0) is 22.1. The molecule has 2 heterocycles. The Balaban J connectivity index is 1.44. The van der Waals surface area contributed by atoms with Gasteiger partial charge in [0.2, 0.25) is 0 Å². The van der Waals surface area contributed by atoms with Gasteiger partial charge in [0.1, 0.15) is 5.75 Å². The molecule has 0 aliphatic heterocycles. The summed E-state index contributed by atoms with van der Waals surface area (Å²) in [6.45, 7) is 4.25. The largest absolute Gasteiger partial charge is 0.493 e. The average Bonchev–Trinajstić information content (AvgIpc) is 3.19. The van der Waals surface area contributed by atoms with Gasteiger partial charge in [-0.25, -0.2) is 0 Å². The van der Waals surface area contributed by atoms with E-state index in [-0.39, 0.29) is 5.91 Å². The van der Waals surface area contributed by atoms with Gasteiger partial charge in [0.25, 0.3) is 5.91 Å². The number of ether oxygens (including phenoxy) is 1. The molecule has 0 fully saturated rings. The fraction of sp³-hybridized carbons (Fsp3) is 0.120. The summed E-state index contributed by atoms with van der Waals surface area (Å²) in [5.74, 6) is 1.09. The van der Waals surface area contributed by atoms with Crippen molar-refractivity contribution in [3.05, 3.63) is 84.2 Å². The Bertz CT molecular complexity index is 1440.